The standard InChI is InChI=1S/C10H10FNOS/c11-8-3-1-7(2-4-8)9(13)5-6-10(12)14/h1-4H,5-6H2,(H2,12,14). The van der Waals surface area contributed by atoms with Gasteiger partial charge in [0.1, 0.15) is 5.82 Å². The van der Waals surface area contributed by atoms with E-state index in [0.717, 1.165) is 0 Å². The van der Waals surface area contributed by atoms with E-state index in [1.54, 1.807) is 0 Å². The van der Waals surface area contributed by atoms with Gasteiger partial charge in [-0.05, 0) is 24.3 Å². The molecule has 0 heterocycles. The van der Waals surface area contributed by atoms with E-state index in [1.807, 2.05) is 0 Å². The molecule has 14 heavy (non-hydrogen) atoms. The SMILES string of the molecule is NC(=S)CCC(=O)c1ccc(F)cc1. The predicted molar refractivity (Wildman–Crippen MR) is 56.7 cm³/mol. The molecule has 0 saturated carbocycles. The van der Waals surface area contributed by atoms with Crippen LogP contribution in [0.4, 0.5) is 4.39 Å². The molecule has 4 heteroatoms. The number of halogens is 1. The molecule has 0 radical (unpaired) electrons. The molecule has 0 spiro atoms. The van der Waals surface area contributed by atoms with Gasteiger partial charge in [-0.2, -0.15) is 0 Å². The van der Waals surface area contributed by atoms with Crippen molar-refractivity contribution in [2.24, 2.45) is 5.73 Å². The minimum atomic E-state index is -0.351. The van der Waals surface area contributed by atoms with E-state index < -0.39 is 0 Å². The van der Waals surface area contributed by atoms with Crippen molar-refractivity contribution in [2.45, 2.75) is 12.8 Å². The van der Waals surface area contributed by atoms with E-state index in [4.69, 9.17) is 5.73 Å². The zero-order valence-corrected chi connectivity index (χ0v) is 8.31. The van der Waals surface area contributed by atoms with Crippen LogP contribution in [-0.4, -0.2) is 10.8 Å². The average Bonchev–Trinajstić information content (AvgIpc) is 2.15. The molecule has 0 saturated heterocycles. The second-order valence-corrected chi connectivity index (χ2v) is 3.42. The second kappa shape index (κ2) is 4.81. The predicted octanol–water partition coefficient (Wildman–Crippen LogP) is 2.07. The Morgan fingerprint density at radius 2 is 1.86 bits per heavy atom. The molecule has 0 aliphatic heterocycles. The summed E-state index contributed by atoms with van der Waals surface area (Å²) in [6.45, 7) is 0. The zero-order valence-electron chi connectivity index (χ0n) is 7.50. The molecule has 0 atom stereocenters. The van der Waals surface area contributed by atoms with E-state index in [1.165, 1.54) is 24.3 Å². The van der Waals surface area contributed by atoms with Crippen LogP contribution in [0.1, 0.15) is 23.2 Å². The Morgan fingerprint density at radius 3 is 2.36 bits per heavy atom. The summed E-state index contributed by atoms with van der Waals surface area (Å²) in [5, 5.41) is 0. The first-order valence-electron chi connectivity index (χ1n) is 4.16. The summed E-state index contributed by atoms with van der Waals surface area (Å²) < 4.78 is 12.5. The fourth-order valence-electron chi connectivity index (χ4n) is 1.02. The lowest BCUT2D eigenvalue weighted by atomic mass is 10.1. The van der Waals surface area contributed by atoms with Crippen molar-refractivity contribution in [3.05, 3.63) is 35.6 Å². The third kappa shape index (κ3) is 3.22. The van der Waals surface area contributed by atoms with E-state index in [-0.39, 0.29) is 18.0 Å². The molecule has 0 aromatic heterocycles. The van der Waals surface area contributed by atoms with Gasteiger partial charge in [0, 0.05) is 18.4 Å². The number of carbonyl (C=O) groups excluding carboxylic acids is 1. The number of carbonyl (C=O) groups is 1. The summed E-state index contributed by atoms with van der Waals surface area (Å²) in [6, 6.07) is 5.43. The van der Waals surface area contributed by atoms with Crippen LogP contribution >= 0.6 is 12.2 Å². The molecule has 1 rings (SSSR count). The molecule has 1 aromatic rings. The second-order valence-electron chi connectivity index (χ2n) is 2.90. The Labute approximate surface area is 86.9 Å². The highest BCUT2D eigenvalue weighted by Crippen LogP contribution is 2.07. The normalized spacial score (nSPS) is 9.79. The molecule has 74 valence electrons. The monoisotopic (exact) mass is 211 g/mol. The van der Waals surface area contributed by atoms with Crippen LogP contribution in [0.2, 0.25) is 0 Å². The number of hydrogen-bond donors (Lipinski definition) is 1. The first-order chi connectivity index (χ1) is 6.59. The Morgan fingerprint density at radius 1 is 1.29 bits per heavy atom. The van der Waals surface area contributed by atoms with E-state index >= 15 is 0 Å². The van der Waals surface area contributed by atoms with Crippen molar-refractivity contribution in [1.82, 2.24) is 0 Å². The van der Waals surface area contributed by atoms with Gasteiger partial charge < -0.3 is 5.73 Å². The molecule has 0 unspecified atom stereocenters. The number of hydrogen-bond acceptors (Lipinski definition) is 2. The maximum absolute atomic E-state index is 12.5. The van der Waals surface area contributed by atoms with Gasteiger partial charge in [0.2, 0.25) is 0 Å². The van der Waals surface area contributed by atoms with Crippen molar-refractivity contribution >= 4 is 23.0 Å². The highest BCUT2D eigenvalue weighted by atomic mass is 32.1. The number of thiocarbonyl (C=S) groups is 1. The Kier molecular flexibility index (Phi) is 3.71. The summed E-state index contributed by atoms with van der Waals surface area (Å²) in [5.74, 6) is -0.423. The number of Topliss-reactive ketones (excluding diaryl/α,β-unsaturated/α-hetero) is 1. The average molecular weight is 211 g/mol. The third-order valence-electron chi connectivity index (χ3n) is 1.76. The highest BCUT2D eigenvalue weighted by Gasteiger charge is 2.05. The molecule has 2 nitrogen and oxygen atoms in total. The van der Waals surface area contributed by atoms with Crippen LogP contribution in [0, 0.1) is 5.82 Å². The lowest BCUT2D eigenvalue weighted by Gasteiger charge is -1.99. The smallest absolute Gasteiger partial charge is 0.163 e. The summed E-state index contributed by atoms with van der Waals surface area (Å²) in [7, 11) is 0. The molecular formula is C10H10FNOS. The fourth-order valence-corrected chi connectivity index (χ4v) is 1.12. The summed E-state index contributed by atoms with van der Waals surface area (Å²) >= 11 is 4.65. The lowest BCUT2D eigenvalue weighted by molar-refractivity contribution is 0.0985. The van der Waals surface area contributed by atoms with Gasteiger partial charge in [-0.1, -0.05) is 12.2 Å². The maximum Gasteiger partial charge on any atom is 0.163 e. The Hall–Kier alpha value is -1.29. The van der Waals surface area contributed by atoms with Gasteiger partial charge in [0.25, 0.3) is 0 Å². The number of ketones is 1. The Balaban J connectivity index is 2.61. The van der Waals surface area contributed by atoms with Crippen LogP contribution in [-0.2, 0) is 0 Å². The number of benzene rings is 1. The minimum Gasteiger partial charge on any atom is -0.393 e. The van der Waals surface area contributed by atoms with Crippen molar-refractivity contribution < 1.29 is 9.18 Å². The largest absolute Gasteiger partial charge is 0.393 e. The molecule has 2 N–H and O–H groups in total. The van der Waals surface area contributed by atoms with E-state index in [0.29, 0.717) is 17.0 Å². The Bertz CT molecular complexity index is 348. The van der Waals surface area contributed by atoms with Crippen molar-refractivity contribution in [1.29, 1.82) is 0 Å². The van der Waals surface area contributed by atoms with Gasteiger partial charge in [0.15, 0.2) is 5.78 Å². The lowest BCUT2D eigenvalue weighted by Crippen LogP contribution is -2.10. The first-order valence-corrected chi connectivity index (χ1v) is 4.57. The van der Waals surface area contributed by atoms with Crippen LogP contribution in [0.3, 0.4) is 0 Å². The summed E-state index contributed by atoms with van der Waals surface area (Å²) in [6.07, 6.45) is 0.673. The minimum absolute atomic E-state index is 0.0715. The highest BCUT2D eigenvalue weighted by molar-refractivity contribution is 7.80. The van der Waals surface area contributed by atoms with Gasteiger partial charge >= 0.3 is 0 Å². The number of nitrogens with two attached hydrogens (primary N) is 1. The summed E-state index contributed by atoms with van der Waals surface area (Å²) in [4.78, 5) is 11.7. The quantitative estimate of drug-likeness (QED) is 0.612. The van der Waals surface area contributed by atoms with E-state index in [9.17, 15) is 9.18 Å². The fraction of sp³-hybridized carbons (Fsp3) is 0.200. The molecule has 0 aliphatic carbocycles. The number of rotatable bonds is 4. The van der Waals surface area contributed by atoms with Crippen molar-refractivity contribution in [2.75, 3.05) is 0 Å². The van der Waals surface area contributed by atoms with E-state index in [2.05, 4.69) is 12.2 Å². The van der Waals surface area contributed by atoms with Crippen LogP contribution in [0.25, 0.3) is 0 Å². The van der Waals surface area contributed by atoms with Gasteiger partial charge in [-0.15, -0.1) is 0 Å². The molecule has 0 fully saturated rings. The zero-order chi connectivity index (χ0) is 10.6. The summed E-state index contributed by atoms with van der Waals surface area (Å²) in [5.41, 5.74) is 5.75. The third-order valence-corrected chi connectivity index (χ3v) is 1.97. The first kappa shape index (κ1) is 10.8. The van der Waals surface area contributed by atoms with Gasteiger partial charge in [-0.25, -0.2) is 4.39 Å². The van der Waals surface area contributed by atoms with Crippen LogP contribution in [0.15, 0.2) is 24.3 Å². The molecule has 1 aromatic carbocycles. The molecule has 0 bridgehead atoms. The molecule has 0 amide bonds. The van der Waals surface area contributed by atoms with Crippen molar-refractivity contribution in [3.63, 3.8) is 0 Å². The van der Waals surface area contributed by atoms with Crippen LogP contribution in [0.5, 0.6) is 0 Å². The van der Waals surface area contributed by atoms with Gasteiger partial charge in [-0.3, -0.25) is 4.79 Å². The topological polar surface area (TPSA) is 43.1 Å². The maximum atomic E-state index is 12.5. The van der Waals surface area contributed by atoms with Gasteiger partial charge in [0.05, 0.1) is 4.99 Å². The van der Waals surface area contributed by atoms with Crippen molar-refractivity contribution in [3.8, 4) is 0 Å². The molecular weight excluding hydrogens is 201 g/mol. The molecule has 0 aliphatic rings. The van der Waals surface area contributed by atoms with Crippen LogP contribution < -0.4 is 5.73 Å².